The number of benzene rings is 2. The zero-order chi connectivity index (χ0) is 21.2. The molecule has 0 aliphatic carbocycles. The molecule has 0 bridgehead atoms. The number of aryl methyl sites for hydroxylation is 1. The normalized spacial score (nSPS) is 13.0. The number of rotatable bonds is 4. The molecule has 7 heteroatoms. The van der Waals surface area contributed by atoms with Gasteiger partial charge in [0.2, 0.25) is 0 Å². The summed E-state index contributed by atoms with van der Waals surface area (Å²) in [5, 5.41) is 13.3. The Morgan fingerprint density at radius 2 is 1.93 bits per heavy atom. The second-order valence-corrected chi connectivity index (χ2v) is 6.76. The van der Waals surface area contributed by atoms with E-state index in [1.807, 2.05) is 6.07 Å². The molecule has 150 valence electrons. The Morgan fingerprint density at radius 1 is 1.17 bits per heavy atom. The lowest BCUT2D eigenvalue weighted by atomic mass is 10.0. The lowest BCUT2D eigenvalue weighted by Crippen LogP contribution is -2.13. The smallest absolute Gasteiger partial charge is 0.389 e. The van der Waals surface area contributed by atoms with Crippen LogP contribution in [0.25, 0.3) is 17.0 Å². The summed E-state index contributed by atoms with van der Waals surface area (Å²) in [5.41, 5.74) is 3.19. The molecular formula is C22H19F3N2O2. The van der Waals surface area contributed by atoms with Gasteiger partial charge in [-0.3, -0.25) is 9.78 Å². The fourth-order valence-corrected chi connectivity index (χ4v) is 2.88. The molecule has 1 unspecified atom stereocenters. The highest BCUT2D eigenvalue weighted by atomic mass is 19.4. The highest BCUT2D eigenvalue weighted by molar-refractivity contribution is 6.06. The molecule has 1 aromatic heterocycles. The third-order valence-corrected chi connectivity index (χ3v) is 4.41. The van der Waals surface area contributed by atoms with Crippen molar-refractivity contribution < 1.29 is 23.1 Å². The van der Waals surface area contributed by atoms with Crippen LogP contribution in [-0.2, 0) is 0 Å². The molecule has 2 N–H and O–H groups in total. The SMILES string of the molecule is Cc1cc(/C=C/C(F)(F)F)ccc1C(=O)Nc1ccc2cc(C(C)O)cnc2c1. The van der Waals surface area contributed by atoms with Crippen molar-refractivity contribution in [3.8, 4) is 0 Å². The fraction of sp³-hybridized carbons (Fsp3) is 0.182. The second-order valence-electron chi connectivity index (χ2n) is 6.76. The number of halogens is 3. The number of nitrogens with zero attached hydrogens (tertiary/aromatic N) is 1. The van der Waals surface area contributed by atoms with E-state index in [-0.39, 0.29) is 12.0 Å². The molecule has 1 atom stereocenters. The molecule has 1 heterocycles. The molecule has 0 aliphatic rings. The van der Waals surface area contributed by atoms with E-state index in [2.05, 4.69) is 10.3 Å². The van der Waals surface area contributed by atoms with Crippen LogP contribution in [0.15, 0.2) is 54.7 Å². The first-order valence-electron chi connectivity index (χ1n) is 8.88. The zero-order valence-corrected chi connectivity index (χ0v) is 15.8. The molecule has 0 saturated heterocycles. The lowest BCUT2D eigenvalue weighted by Gasteiger charge is -2.10. The van der Waals surface area contributed by atoms with E-state index >= 15 is 0 Å². The maximum absolute atomic E-state index is 12.6. The highest BCUT2D eigenvalue weighted by Gasteiger charge is 2.21. The summed E-state index contributed by atoms with van der Waals surface area (Å²) < 4.78 is 36.9. The Morgan fingerprint density at radius 3 is 2.59 bits per heavy atom. The van der Waals surface area contributed by atoms with Gasteiger partial charge in [0.15, 0.2) is 0 Å². The number of nitrogens with one attached hydrogen (secondary N) is 1. The third-order valence-electron chi connectivity index (χ3n) is 4.41. The first-order valence-corrected chi connectivity index (χ1v) is 8.88. The van der Waals surface area contributed by atoms with Crippen LogP contribution in [-0.4, -0.2) is 22.2 Å². The van der Waals surface area contributed by atoms with E-state index in [0.29, 0.717) is 33.5 Å². The third kappa shape index (κ3) is 5.20. The van der Waals surface area contributed by atoms with Crippen molar-refractivity contribution in [3.05, 3.63) is 77.0 Å². The first kappa shape index (κ1) is 20.5. The van der Waals surface area contributed by atoms with Crippen molar-refractivity contribution >= 4 is 28.6 Å². The minimum Gasteiger partial charge on any atom is -0.389 e. The van der Waals surface area contributed by atoms with Crippen molar-refractivity contribution in [1.82, 2.24) is 4.98 Å². The van der Waals surface area contributed by atoms with Crippen LogP contribution in [0, 0.1) is 6.92 Å². The van der Waals surface area contributed by atoms with E-state index in [1.165, 1.54) is 18.2 Å². The fourth-order valence-electron chi connectivity index (χ4n) is 2.88. The summed E-state index contributed by atoms with van der Waals surface area (Å²) in [4.78, 5) is 16.9. The number of carbonyl (C=O) groups is 1. The Bertz CT molecular complexity index is 1090. The number of pyridine rings is 1. The van der Waals surface area contributed by atoms with Crippen LogP contribution in [0.3, 0.4) is 0 Å². The summed E-state index contributed by atoms with van der Waals surface area (Å²) in [6, 6.07) is 11.5. The van der Waals surface area contributed by atoms with Crippen LogP contribution in [0.5, 0.6) is 0 Å². The Kier molecular flexibility index (Phi) is 5.70. The maximum Gasteiger partial charge on any atom is 0.409 e. The molecule has 3 aromatic rings. The number of aliphatic hydroxyl groups excluding tert-OH is 1. The van der Waals surface area contributed by atoms with E-state index in [9.17, 15) is 23.1 Å². The number of anilines is 1. The number of hydrogen-bond acceptors (Lipinski definition) is 3. The standard InChI is InChI=1S/C22H19F3N2O2/c1-13-9-15(7-8-22(23,24)25)3-6-19(13)21(29)27-18-5-4-16-10-17(14(2)28)12-26-20(16)11-18/h3-12,14,28H,1-2H3,(H,27,29)/b8-7+. The number of aromatic nitrogens is 1. The molecular weight excluding hydrogens is 381 g/mol. The largest absolute Gasteiger partial charge is 0.409 e. The number of aliphatic hydroxyl groups is 1. The van der Waals surface area contributed by atoms with Gasteiger partial charge in [-0.25, -0.2) is 0 Å². The second kappa shape index (κ2) is 8.05. The van der Waals surface area contributed by atoms with E-state index < -0.39 is 12.3 Å². The van der Waals surface area contributed by atoms with Gasteiger partial charge in [0.05, 0.1) is 11.6 Å². The predicted octanol–water partition coefficient (Wildman–Crippen LogP) is 5.42. The minimum atomic E-state index is -4.38. The van der Waals surface area contributed by atoms with Gasteiger partial charge < -0.3 is 10.4 Å². The van der Waals surface area contributed by atoms with Crippen LogP contribution in [0.4, 0.5) is 18.9 Å². The van der Waals surface area contributed by atoms with Gasteiger partial charge in [0.25, 0.3) is 5.91 Å². The monoisotopic (exact) mass is 400 g/mol. The number of allylic oxidation sites excluding steroid dienone is 1. The van der Waals surface area contributed by atoms with Gasteiger partial charge in [-0.15, -0.1) is 0 Å². The van der Waals surface area contributed by atoms with Crippen molar-refractivity contribution in [1.29, 1.82) is 0 Å². The van der Waals surface area contributed by atoms with Gasteiger partial charge in [-0.05, 0) is 54.8 Å². The quantitative estimate of drug-likeness (QED) is 0.614. The van der Waals surface area contributed by atoms with Gasteiger partial charge >= 0.3 is 6.18 Å². The molecule has 0 aliphatic heterocycles. The summed E-state index contributed by atoms with van der Waals surface area (Å²) in [6.07, 6.45) is -2.30. The van der Waals surface area contributed by atoms with Crippen LogP contribution in [0.2, 0.25) is 0 Å². The Labute approximate surface area is 165 Å². The number of fused-ring (bicyclic) bond motifs is 1. The summed E-state index contributed by atoms with van der Waals surface area (Å²) in [6.45, 7) is 3.32. The van der Waals surface area contributed by atoms with Crippen molar-refractivity contribution in [2.45, 2.75) is 26.1 Å². The molecule has 3 rings (SSSR count). The van der Waals surface area contributed by atoms with Crippen molar-refractivity contribution in [3.63, 3.8) is 0 Å². The Balaban J connectivity index is 1.79. The van der Waals surface area contributed by atoms with Crippen LogP contribution < -0.4 is 5.32 Å². The number of hydrogen-bond donors (Lipinski definition) is 2. The first-order chi connectivity index (χ1) is 13.6. The van der Waals surface area contributed by atoms with Gasteiger partial charge in [-0.1, -0.05) is 24.3 Å². The maximum atomic E-state index is 12.6. The average molecular weight is 400 g/mol. The van der Waals surface area contributed by atoms with Crippen LogP contribution >= 0.6 is 0 Å². The number of alkyl halides is 3. The van der Waals surface area contributed by atoms with Gasteiger partial charge in [-0.2, -0.15) is 13.2 Å². The number of carbonyl (C=O) groups excluding carboxylic acids is 1. The predicted molar refractivity (Wildman–Crippen MR) is 107 cm³/mol. The van der Waals surface area contributed by atoms with Crippen LogP contribution in [0.1, 0.15) is 40.1 Å². The van der Waals surface area contributed by atoms with Crippen molar-refractivity contribution in [2.24, 2.45) is 0 Å². The Hall–Kier alpha value is -3.19. The highest BCUT2D eigenvalue weighted by Crippen LogP contribution is 2.23. The molecule has 2 aromatic carbocycles. The molecule has 1 amide bonds. The minimum absolute atomic E-state index is 0.159. The van der Waals surface area contributed by atoms with E-state index in [1.54, 1.807) is 38.2 Å². The van der Waals surface area contributed by atoms with E-state index in [4.69, 9.17) is 0 Å². The average Bonchev–Trinajstić information content (AvgIpc) is 2.65. The molecule has 0 saturated carbocycles. The summed E-state index contributed by atoms with van der Waals surface area (Å²) in [7, 11) is 0. The van der Waals surface area contributed by atoms with Gasteiger partial charge in [0, 0.05) is 28.9 Å². The number of amides is 1. The van der Waals surface area contributed by atoms with Crippen molar-refractivity contribution in [2.75, 3.05) is 5.32 Å². The van der Waals surface area contributed by atoms with E-state index in [0.717, 1.165) is 11.5 Å². The lowest BCUT2D eigenvalue weighted by molar-refractivity contribution is -0.0790. The van der Waals surface area contributed by atoms with Gasteiger partial charge in [0.1, 0.15) is 0 Å². The zero-order valence-electron chi connectivity index (χ0n) is 15.8. The topological polar surface area (TPSA) is 62.2 Å². The molecule has 0 radical (unpaired) electrons. The summed E-state index contributed by atoms with van der Waals surface area (Å²) in [5.74, 6) is -0.367. The molecule has 29 heavy (non-hydrogen) atoms. The molecule has 0 spiro atoms. The molecule has 0 fully saturated rings. The summed E-state index contributed by atoms with van der Waals surface area (Å²) >= 11 is 0. The molecule has 4 nitrogen and oxygen atoms in total.